The summed E-state index contributed by atoms with van der Waals surface area (Å²) in [6, 6.07) is -0.292. The summed E-state index contributed by atoms with van der Waals surface area (Å²) in [5.74, 6) is -0.640. The molecular formula is C11H20N2O4. The third-order valence-corrected chi connectivity index (χ3v) is 3.21. The number of carbonyl (C=O) groups is 2. The lowest BCUT2D eigenvalue weighted by molar-refractivity contribution is -0.146. The molecule has 1 heterocycles. The maximum absolute atomic E-state index is 11.6. The Morgan fingerprint density at radius 1 is 1.41 bits per heavy atom. The van der Waals surface area contributed by atoms with E-state index < -0.39 is 12.1 Å². The normalized spacial score (nSPS) is 18.8. The second-order valence-corrected chi connectivity index (χ2v) is 4.38. The van der Waals surface area contributed by atoms with E-state index >= 15 is 0 Å². The van der Waals surface area contributed by atoms with Crippen LogP contribution in [-0.4, -0.2) is 52.9 Å². The fraction of sp³-hybridized carbons (Fsp3) is 0.818. The molecule has 3 N–H and O–H groups in total. The molecule has 6 heteroatoms. The highest BCUT2D eigenvalue weighted by Gasteiger charge is 2.22. The minimum Gasteiger partial charge on any atom is -0.479 e. The summed E-state index contributed by atoms with van der Waals surface area (Å²) in [6.45, 7) is 3.30. The van der Waals surface area contributed by atoms with E-state index in [4.69, 9.17) is 10.2 Å². The highest BCUT2D eigenvalue weighted by atomic mass is 16.4. The third-order valence-electron chi connectivity index (χ3n) is 3.21. The molecule has 0 unspecified atom stereocenters. The van der Waals surface area contributed by atoms with Crippen LogP contribution in [0.3, 0.4) is 0 Å². The molecule has 0 aromatic rings. The van der Waals surface area contributed by atoms with Gasteiger partial charge in [-0.1, -0.05) is 13.3 Å². The Bertz CT molecular complexity index is 275. The number of carboxylic acids is 1. The van der Waals surface area contributed by atoms with Crippen LogP contribution >= 0.6 is 0 Å². The molecule has 0 aromatic heterocycles. The number of piperidine rings is 1. The van der Waals surface area contributed by atoms with Crippen molar-refractivity contribution < 1.29 is 19.8 Å². The van der Waals surface area contributed by atoms with Crippen LogP contribution in [0.1, 0.15) is 26.2 Å². The van der Waals surface area contributed by atoms with Crippen molar-refractivity contribution in [1.29, 1.82) is 0 Å². The quantitative estimate of drug-likeness (QED) is 0.662. The summed E-state index contributed by atoms with van der Waals surface area (Å²) >= 11 is 0. The first-order chi connectivity index (χ1) is 8.04. The van der Waals surface area contributed by atoms with Gasteiger partial charge < -0.3 is 20.4 Å². The largest absolute Gasteiger partial charge is 0.479 e. The van der Waals surface area contributed by atoms with Crippen molar-refractivity contribution in [2.24, 2.45) is 5.92 Å². The van der Waals surface area contributed by atoms with E-state index in [-0.39, 0.29) is 12.6 Å². The first-order valence-electron chi connectivity index (χ1n) is 5.98. The molecule has 17 heavy (non-hydrogen) atoms. The minimum atomic E-state index is -1.54. The van der Waals surface area contributed by atoms with Crippen LogP contribution in [-0.2, 0) is 4.79 Å². The van der Waals surface area contributed by atoms with Gasteiger partial charge in [0, 0.05) is 13.1 Å². The summed E-state index contributed by atoms with van der Waals surface area (Å²) in [7, 11) is 0. The average Bonchev–Trinajstić information content (AvgIpc) is 2.35. The molecule has 0 aliphatic carbocycles. The van der Waals surface area contributed by atoms with Crippen molar-refractivity contribution in [3.8, 4) is 0 Å². The van der Waals surface area contributed by atoms with E-state index in [0.29, 0.717) is 19.0 Å². The van der Waals surface area contributed by atoms with Crippen molar-refractivity contribution in [3.05, 3.63) is 0 Å². The molecule has 2 amide bonds. The molecule has 1 saturated heterocycles. The van der Waals surface area contributed by atoms with Crippen LogP contribution in [0, 0.1) is 5.92 Å². The first kappa shape index (κ1) is 13.8. The lowest BCUT2D eigenvalue weighted by Gasteiger charge is -2.31. The van der Waals surface area contributed by atoms with Gasteiger partial charge in [-0.25, -0.2) is 9.59 Å². The fourth-order valence-corrected chi connectivity index (χ4v) is 1.93. The molecule has 1 aliphatic heterocycles. The average molecular weight is 244 g/mol. The molecule has 1 rings (SSSR count). The SMILES string of the molecule is CCC1CCN(C(=O)NC[C@H](O)C(=O)O)CC1. The van der Waals surface area contributed by atoms with E-state index in [0.717, 1.165) is 19.3 Å². The van der Waals surface area contributed by atoms with Crippen LogP contribution in [0.15, 0.2) is 0 Å². The van der Waals surface area contributed by atoms with Gasteiger partial charge in [0.15, 0.2) is 6.10 Å². The topological polar surface area (TPSA) is 89.9 Å². The highest BCUT2D eigenvalue weighted by Crippen LogP contribution is 2.19. The summed E-state index contributed by atoms with van der Waals surface area (Å²) in [6.07, 6.45) is 1.58. The fourth-order valence-electron chi connectivity index (χ4n) is 1.93. The lowest BCUT2D eigenvalue weighted by atomic mass is 9.95. The Balaban J connectivity index is 2.27. The van der Waals surface area contributed by atoms with E-state index in [1.165, 1.54) is 0 Å². The number of carbonyl (C=O) groups excluding carboxylic acids is 1. The van der Waals surface area contributed by atoms with Crippen LogP contribution in [0.5, 0.6) is 0 Å². The second-order valence-electron chi connectivity index (χ2n) is 4.38. The number of rotatable bonds is 4. The van der Waals surface area contributed by atoms with Gasteiger partial charge in [0.1, 0.15) is 0 Å². The van der Waals surface area contributed by atoms with Crippen LogP contribution in [0.4, 0.5) is 4.79 Å². The number of aliphatic carboxylic acids is 1. The monoisotopic (exact) mass is 244 g/mol. The van der Waals surface area contributed by atoms with E-state index in [1.807, 2.05) is 0 Å². The Morgan fingerprint density at radius 3 is 2.47 bits per heavy atom. The lowest BCUT2D eigenvalue weighted by Crippen LogP contribution is -2.47. The number of urea groups is 1. The molecule has 1 atom stereocenters. The zero-order valence-corrected chi connectivity index (χ0v) is 10.1. The molecule has 1 aliphatic rings. The highest BCUT2D eigenvalue weighted by molar-refractivity contribution is 5.76. The van der Waals surface area contributed by atoms with E-state index in [9.17, 15) is 9.59 Å². The number of carboxylic acid groups (broad SMARTS) is 1. The standard InChI is InChI=1S/C11H20N2O4/c1-2-8-3-5-13(6-4-8)11(17)12-7-9(14)10(15)16/h8-9,14H,2-7H2,1H3,(H,12,17)(H,15,16)/t9-/m0/s1. The Kier molecular flexibility index (Phi) is 5.21. The number of nitrogens with zero attached hydrogens (tertiary/aromatic N) is 1. The molecule has 98 valence electrons. The molecule has 0 bridgehead atoms. The smallest absolute Gasteiger partial charge is 0.334 e. The van der Waals surface area contributed by atoms with Gasteiger partial charge in [0.05, 0.1) is 6.54 Å². The molecule has 0 aromatic carbocycles. The summed E-state index contributed by atoms with van der Waals surface area (Å²) < 4.78 is 0. The van der Waals surface area contributed by atoms with Crippen molar-refractivity contribution in [2.45, 2.75) is 32.3 Å². The predicted molar refractivity (Wildman–Crippen MR) is 61.6 cm³/mol. The second kappa shape index (κ2) is 6.44. The van der Waals surface area contributed by atoms with Gasteiger partial charge in [-0.3, -0.25) is 0 Å². The number of aliphatic hydroxyl groups excluding tert-OH is 1. The molecular weight excluding hydrogens is 224 g/mol. The summed E-state index contributed by atoms with van der Waals surface area (Å²) in [5.41, 5.74) is 0. The van der Waals surface area contributed by atoms with Crippen molar-refractivity contribution >= 4 is 12.0 Å². The molecule has 0 radical (unpaired) electrons. The Morgan fingerprint density at radius 2 is 2.00 bits per heavy atom. The number of hydrogen-bond donors (Lipinski definition) is 3. The molecule has 0 spiro atoms. The van der Waals surface area contributed by atoms with E-state index in [2.05, 4.69) is 12.2 Å². The van der Waals surface area contributed by atoms with Crippen molar-refractivity contribution in [1.82, 2.24) is 10.2 Å². The molecule has 1 fully saturated rings. The van der Waals surface area contributed by atoms with Gasteiger partial charge >= 0.3 is 12.0 Å². The Hall–Kier alpha value is -1.30. The van der Waals surface area contributed by atoms with Gasteiger partial charge in [-0.05, 0) is 18.8 Å². The number of aliphatic hydroxyl groups is 1. The van der Waals surface area contributed by atoms with E-state index in [1.54, 1.807) is 4.90 Å². The van der Waals surface area contributed by atoms with Gasteiger partial charge in [-0.2, -0.15) is 0 Å². The maximum Gasteiger partial charge on any atom is 0.334 e. The molecule has 6 nitrogen and oxygen atoms in total. The minimum absolute atomic E-state index is 0.248. The van der Waals surface area contributed by atoms with Gasteiger partial charge in [0.2, 0.25) is 0 Å². The van der Waals surface area contributed by atoms with Crippen molar-refractivity contribution in [2.75, 3.05) is 19.6 Å². The number of likely N-dealkylation sites (tertiary alicyclic amines) is 1. The van der Waals surface area contributed by atoms with Crippen LogP contribution in [0.2, 0.25) is 0 Å². The number of amides is 2. The maximum atomic E-state index is 11.6. The van der Waals surface area contributed by atoms with Gasteiger partial charge in [-0.15, -0.1) is 0 Å². The number of nitrogens with one attached hydrogen (secondary N) is 1. The third kappa shape index (κ3) is 4.22. The van der Waals surface area contributed by atoms with Crippen LogP contribution < -0.4 is 5.32 Å². The summed E-state index contributed by atoms with van der Waals surface area (Å²) in [4.78, 5) is 23.7. The van der Waals surface area contributed by atoms with Crippen molar-refractivity contribution in [3.63, 3.8) is 0 Å². The Labute approximate surface area is 101 Å². The van der Waals surface area contributed by atoms with Crippen LogP contribution in [0.25, 0.3) is 0 Å². The zero-order valence-electron chi connectivity index (χ0n) is 10.1. The summed E-state index contributed by atoms with van der Waals surface area (Å²) in [5, 5.41) is 19.9. The zero-order chi connectivity index (χ0) is 12.8. The van der Waals surface area contributed by atoms with Gasteiger partial charge in [0.25, 0.3) is 0 Å². The first-order valence-corrected chi connectivity index (χ1v) is 5.98. The number of hydrogen-bond acceptors (Lipinski definition) is 3. The predicted octanol–water partition coefficient (Wildman–Crippen LogP) is 0.263. The molecule has 0 saturated carbocycles.